The first-order valence-corrected chi connectivity index (χ1v) is 15.9. The smallest absolute Gasteiger partial charge is 0.269 e. The highest BCUT2D eigenvalue weighted by Crippen LogP contribution is 2.25. The van der Waals surface area contributed by atoms with E-state index in [-0.39, 0.29) is 48.0 Å². The second-order valence-electron chi connectivity index (χ2n) is 12.8. The lowest BCUT2D eigenvalue weighted by molar-refractivity contribution is -1.03. The summed E-state index contributed by atoms with van der Waals surface area (Å²) < 4.78 is 2.19. The molecule has 46 heavy (non-hydrogen) atoms. The third kappa shape index (κ3) is 9.37. The van der Waals surface area contributed by atoms with Gasteiger partial charge in [0.15, 0.2) is 0 Å². The molecule has 0 N–H and O–H groups in total. The molecule has 12 nitrogen and oxygen atoms in total. The molecule has 2 amide bonds. The number of nitro groups is 2. The maximum absolute atomic E-state index is 12.9. The quantitative estimate of drug-likeness (QED) is 0.152. The Labute approximate surface area is 282 Å². The Morgan fingerprint density at radius 2 is 0.870 bits per heavy atom. The van der Waals surface area contributed by atoms with Crippen molar-refractivity contribution in [1.82, 2.24) is 9.80 Å². The Kier molecular flexibility index (Phi) is 13.3. The van der Waals surface area contributed by atoms with Crippen LogP contribution in [-0.4, -0.2) is 119 Å². The molecule has 14 heteroatoms. The second kappa shape index (κ2) is 16.5. The van der Waals surface area contributed by atoms with Gasteiger partial charge >= 0.3 is 0 Å². The van der Waals surface area contributed by atoms with Crippen LogP contribution in [0, 0.1) is 20.2 Å². The monoisotopic (exact) mass is 678 g/mol. The maximum atomic E-state index is 12.9. The molecule has 2 spiro atoms. The average molecular weight is 680 g/mol. The standard InChI is InChI=1S/C32H44N6O6.2ClH/c39-31(5-1-3-27-7-11-29(12-8-27)35(41)42)33-15-19-37(20-16-33)23-25-38(26-24-37)21-17-34(18-22-38)32(40)6-2-4-28-9-13-30(14-10-28)36(43)44;;/h7-14H,1-6,15-26H2;2*1H/q+2;;/p-2. The number of hydrogen-bond acceptors (Lipinski definition) is 6. The van der Waals surface area contributed by atoms with E-state index in [1.54, 1.807) is 24.3 Å². The Balaban J connectivity index is 0.00000288. The highest BCUT2D eigenvalue weighted by Gasteiger charge is 2.45. The van der Waals surface area contributed by atoms with Crippen LogP contribution in [0.1, 0.15) is 36.8 Å². The van der Waals surface area contributed by atoms with Crippen molar-refractivity contribution in [3.05, 3.63) is 79.9 Å². The second-order valence-corrected chi connectivity index (χ2v) is 12.8. The molecular weight excluding hydrogens is 635 g/mol. The third-order valence-electron chi connectivity index (χ3n) is 10.2. The van der Waals surface area contributed by atoms with E-state index in [4.69, 9.17) is 0 Å². The lowest BCUT2D eigenvalue weighted by Gasteiger charge is -2.54. The van der Waals surface area contributed by atoms with Gasteiger partial charge < -0.3 is 43.6 Å². The number of aryl methyl sites for hydroxylation is 2. The molecular formula is C32H44Cl2N6O6. The minimum absolute atomic E-state index is 0. The molecule has 3 aliphatic rings. The number of amides is 2. The number of benzene rings is 2. The summed E-state index contributed by atoms with van der Waals surface area (Å²) in [6.07, 6.45) is 3.97. The van der Waals surface area contributed by atoms with Gasteiger partial charge in [-0.25, -0.2) is 0 Å². The predicted octanol–water partition coefficient (Wildman–Crippen LogP) is -2.81. The van der Waals surface area contributed by atoms with E-state index in [9.17, 15) is 29.8 Å². The van der Waals surface area contributed by atoms with Gasteiger partial charge in [-0.3, -0.25) is 29.8 Å². The van der Waals surface area contributed by atoms with Crippen LogP contribution < -0.4 is 24.8 Å². The summed E-state index contributed by atoms with van der Waals surface area (Å²) in [4.78, 5) is 50.6. The summed E-state index contributed by atoms with van der Waals surface area (Å²) in [5, 5.41) is 21.7. The van der Waals surface area contributed by atoms with Gasteiger partial charge in [-0.05, 0) is 36.8 Å². The van der Waals surface area contributed by atoms with Gasteiger partial charge in [0, 0.05) is 37.1 Å². The first kappa shape index (κ1) is 37.1. The molecule has 0 aliphatic carbocycles. The zero-order valence-electron chi connectivity index (χ0n) is 26.2. The van der Waals surface area contributed by atoms with Gasteiger partial charge in [-0.2, -0.15) is 0 Å². The topological polar surface area (TPSA) is 127 Å². The number of hydrogen-bond donors (Lipinski definition) is 0. The predicted molar refractivity (Wildman–Crippen MR) is 165 cm³/mol. The molecule has 0 saturated carbocycles. The van der Waals surface area contributed by atoms with Crippen LogP contribution >= 0.6 is 0 Å². The fourth-order valence-electron chi connectivity index (χ4n) is 7.02. The fraction of sp³-hybridized carbons (Fsp3) is 0.562. The van der Waals surface area contributed by atoms with E-state index in [2.05, 4.69) is 0 Å². The molecule has 0 unspecified atom stereocenters. The van der Waals surface area contributed by atoms with Crippen LogP contribution in [0.25, 0.3) is 0 Å². The Morgan fingerprint density at radius 1 is 0.565 bits per heavy atom. The molecule has 3 fully saturated rings. The van der Waals surface area contributed by atoms with E-state index in [1.807, 2.05) is 9.80 Å². The van der Waals surface area contributed by atoms with Crippen molar-refractivity contribution < 1.29 is 53.2 Å². The number of nitrogens with zero attached hydrogens (tertiary/aromatic N) is 6. The van der Waals surface area contributed by atoms with Crippen LogP contribution in [0.2, 0.25) is 0 Å². The molecule has 3 heterocycles. The summed E-state index contributed by atoms with van der Waals surface area (Å²) in [5.41, 5.74) is 2.20. The lowest BCUT2D eigenvalue weighted by Crippen LogP contribution is -3.00. The molecule has 0 aromatic heterocycles. The van der Waals surface area contributed by atoms with Crippen molar-refractivity contribution in [1.29, 1.82) is 0 Å². The first-order valence-electron chi connectivity index (χ1n) is 15.9. The number of halogens is 2. The Morgan fingerprint density at radius 3 is 1.15 bits per heavy atom. The molecule has 0 radical (unpaired) electrons. The van der Waals surface area contributed by atoms with Gasteiger partial charge in [-0.1, -0.05) is 24.3 Å². The minimum atomic E-state index is -0.399. The van der Waals surface area contributed by atoms with E-state index in [0.717, 1.165) is 124 Å². The van der Waals surface area contributed by atoms with E-state index >= 15 is 0 Å². The molecule has 3 saturated heterocycles. The van der Waals surface area contributed by atoms with Crippen LogP contribution in [0.4, 0.5) is 11.4 Å². The molecule has 3 aliphatic heterocycles. The minimum Gasteiger partial charge on any atom is -1.00 e. The number of carbonyl (C=O) groups is 2. The summed E-state index contributed by atoms with van der Waals surface area (Å²) in [6.45, 7) is 11.8. The van der Waals surface area contributed by atoms with Crippen molar-refractivity contribution >= 4 is 23.2 Å². The van der Waals surface area contributed by atoms with E-state index in [1.165, 1.54) is 24.3 Å². The zero-order chi connectivity index (χ0) is 31.2. The summed E-state index contributed by atoms with van der Waals surface area (Å²) in [7, 11) is 0. The largest absolute Gasteiger partial charge is 1.00 e. The van der Waals surface area contributed by atoms with Gasteiger partial charge in [0.05, 0.1) is 62.2 Å². The van der Waals surface area contributed by atoms with Gasteiger partial charge in [0.1, 0.15) is 26.2 Å². The third-order valence-corrected chi connectivity index (χ3v) is 10.2. The van der Waals surface area contributed by atoms with E-state index < -0.39 is 9.85 Å². The van der Waals surface area contributed by atoms with Crippen molar-refractivity contribution in [2.45, 2.75) is 38.5 Å². The number of carbonyl (C=O) groups excluding carboxylic acids is 2. The molecule has 2 aromatic carbocycles. The zero-order valence-corrected chi connectivity index (χ0v) is 27.7. The molecule has 0 bridgehead atoms. The fourth-order valence-corrected chi connectivity index (χ4v) is 7.02. The van der Waals surface area contributed by atoms with Crippen molar-refractivity contribution in [3.63, 3.8) is 0 Å². The van der Waals surface area contributed by atoms with Gasteiger partial charge in [-0.15, -0.1) is 0 Å². The van der Waals surface area contributed by atoms with Crippen molar-refractivity contribution in [2.75, 3.05) is 78.5 Å². The lowest BCUT2D eigenvalue weighted by atomic mass is 10.1. The van der Waals surface area contributed by atoms with Gasteiger partial charge in [0.2, 0.25) is 11.8 Å². The number of nitro benzene ring substituents is 2. The maximum Gasteiger partial charge on any atom is 0.269 e. The number of rotatable bonds is 10. The summed E-state index contributed by atoms with van der Waals surface area (Å²) in [5.74, 6) is 0.414. The van der Waals surface area contributed by atoms with Crippen LogP contribution in [0.5, 0.6) is 0 Å². The Hall–Kier alpha value is -3.32. The normalized spacial score (nSPS) is 18.3. The van der Waals surface area contributed by atoms with Crippen LogP contribution in [0.3, 0.4) is 0 Å². The Bertz CT molecular complexity index is 1230. The van der Waals surface area contributed by atoms with Crippen LogP contribution in [0.15, 0.2) is 48.5 Å². The number of non-ortho nitro benzene ring substituents is 2. The molecule has 252 valence electrons. The van der Waals surface area contributed by atoms with Crippen LogP contribution in [-0.2, 0) is 22.4 Å². The summed E-state index contributed by atoms with van der Waals surface area (Å²) >= 11 is 0. The highest BCUT2D eigenvalue weighted by atomic mass is 35.5. The van der Waals surface area contributed by atoms with Gasteiger partial charge in [0.25, 0.3) is 11.4 Å². The molecule has 5 rings (SSSR count). The summed E-state index contributed by atoms with van der Waals surface area (Å²) in [6, 6.07) is 13.2. The number of piperazine rings is 3. The van der Waals surface area contributed by atoms with E-state index in [0.29, 0.717) is 12.8 Å². The first-order chi connectivity index (χ1) is 21.2. The number of quaternary nitrogens is 2. The molecule has 2 aromatic rings. The SMILES string of the molecule is O=C(CCCc1ccc([N+](=O)[O-])cc1)N1CC[N+]2(CC1)CC[N+]1(CCN(C(=O)CCCc3ccc([N+](=O)[O-])cc3)CC1)CC2.[Cl-].[Cl-]. The average Bonchev–Trinajstić information content (AvgIpc) is 3.04. The highest BCUT2D eigenvalue weighted by molar-refractivity contribution is 5.76. The van der Waals surface area contributed by atoms with Crippen molar-refractivity contribution in [2.24, 2.45) is 0 Å². The van der Waals surface area contributed by atoms with Crippen molar-refractivity contribution in [3.8, 4) is 0 Å². The molecule has 0 atom stereocenters.